The summed E-state index contributed by atoms with van der Waals surface area (Å²) in [6.45, 7) is 1.67. The predicted molar refractivity (Wildman–Crippen MR) is 82.0 cm³/mol. The highest BCUT2D eigenvalue weighted by atomic mass is 19.2. The van der Waals surface area contributed by atoms with Crippen LogP contribution in [0.2, 0.25) is 0 Å². The molecule has 1 amide bonds. The summed E-state index contributed by atoms with van der Waals surface area (Å²) in [7, 11) is 0. The van der Waals surface area contributed by atoms with Crippen molar-refractivity contribution in [3.63, 3.8) is 0 Å². The monoisotopic (exact) mass is 336 g/mol. The summed E-state index contributed by atoms with van der Waals surface area (Å²) in [5, 5.41) is 13.9. The van der Waals surface area contributed by atoms with E-state index in [0.29, 0.717) is 31.7 Å². The summed E-state index contributed by atoms with van der Waals surface area (Å²) in [5.41, 5.74) is 0.516. The average Bonchev–Trinajstić information content (AvgIpc) is 3.10. The van der Waals surface area contributed by atoms with Crippen molar-refractivity contribution in [3.8, 4) is 0 Å². The van der Waals surface area contributed by atoms with Crippen LogP contribution in [0, 0.1) is 11.6 Å². The number of aromatic nitrogens is 4. The highest BCUT2D eigenvalue weighted by Crippen LogP contribution is 2.19. The van der Waals surface area contributed by atoms with Gasteiger partial charge in [-0.25, -0.2) is 13.5 Å². The van der Waals surface area contributed by atoms with E-state index in [-0.39, 0.29) is 11.9 Å². The van der Waals surface area contributed by atoms with E-state index in [9.17, 15) is 13.6 Å². The molecule has 24 heavy (non-hydrogen) atoms. The van der Waals surface area contributed by atoms with Crippen LogP contribution in [0.4, 0.5) is 14.5 Å². The zero-order valence-electron chi connectivity index (χ0n) is 13.0. The molecule has 0 spiro atoms. The topological polar surface area (TPSA) is 75.9 Å². The number of benzene rings is 1. The molecule has 2 aromatic rings. The molecule has 1 aliphatic rings. The van der Waals surface area contributed by atoms with Crippen molar-refractivity contribution >= 4 is 11.6 Å². The molecular weight excluding hydrogens is 318 g/mol. The third-order valence-corrected chi connectivity index (χ3v) is 4.01. The van der Waals surface area contributed by atoms with Gasteiger partial charge in [0.15, 0.2) is 11.6 Å². The molecular formula is C15H18F2N6O. The minimum Gasteiger partial charge on any atom is -0.380 e. The second-order valence-electron chi connectivity index (χ2n) is 5.78. The fourth-order valence-electron chi connectivity index (χ4n) is 2.79. The second kappa shape index (κ2) is 7.33. The number of nitrogens with one attached hydrogen (secondary N) is 1. The third-order valence-electron chi connectivity index (χ3n) is 4.01. The molecule has 0 saturated carbocycles. The predicted octanol–water partition coefficient (Wildman–Crippen LogP) is 1.44. The summed E-state index contributed by atoms with van der Waals surface area (Å²) in [6, 6.07) is 3.74. The third kappa shape index (κ3) is 4.03. The highest BCUT2D eigenvalue weighted by molar-refractivity contribution is 5.76. The van der Waals surface area contributed by atoms with E-state index in [1.54, 1.807) is 4.90 Å². The Labute approximate surface area is 137 Å². The summed E-state index contributed by atoms with van der Waals surface area (Å²) in [5.74, 6) is -1.73. The fraction of sp³-hybridized carbons (Fsp3) is 0.467. The number of hydrogen-bond acceptors (Lipinski definition) is 5. The summed E-state index contributed by atoms with van der Waals surface area (Å²) in [4.78, 5) is 14.1. The minimum absolute atomic E-state index is 0.0144. The van der Waals surface area contributed by atoms with Gasteiger partial charge in [0.2, 0.25) is 5.91 Å². The van der Waals surface area contributed by atoms with Gasteiger partial charge in [-0.3, -0.25) is 4.79 Å². The van der Waals surface area contributed by atoms with Crippen molar-refractivity contribution in [1.29, 1.82) is 0 Å². The molecule has 128 valence electrons. The first-order valence-corrected chi connectivity index (χ1v) is 7.82. The first-order valence-electron chi connectivity index (χ1n) is 7.82. The molecule has 1 aromatic carbocycles. The fourth-order valence-corrected chi connectivity index (χ4v) is 2.79. The van der Waals surface area contributed by atoms with Crippen LogP contribution in [0.5, 0.6) is 0 Å². The summed E-state index contributed by atoms with van der Waals surface area (Å²) < 4.78 is 27.8. The minimum atomic E-state index is -0.884. The van der Waals surface area contributed by atoms with Crippen LogP contribution < -0.4 is 5.32 Å². The number of amides is 1. The standard InChI is InChI=1S/C15H18F2N6O/c16-13-4-3-11(8-14(13)17)19-12-2-1-6-22(9-12)15(24)5-7-23-10-18-20-21-23/h3-4,8,10,12,19H,1-2,5-7,9H2/t12-/m1/s1. The molecule has 1 atom stereocenters. The Balaban J connectivity index is 1.53. The lowest BCUT2D eigenvalue weighted by atomic mass is 10.0. The Bertz CT molecular complexity index is 693. The first-order chi connectivity index (χ1) is 11.6. The van der Waals surface area contributed by atoms with E-state index in [1.807, 2.05) is 0 Å². The molecule has 1 fully saturated rings. The molecule has 7 nitrogen and oxygen atoms in total. The molecule has 0 aliphatic carbocycles. The zero-order chi connectivity index (χ0) is 16.9. The lowest BCUT2D eigenvalue weighted by molar-refractivity contribution is -0.132. The average molecular weight is 336 g/mol. The van der Waals surface area contributed by atoms with E-state index < -0.39 is 11.6 Å². The van der Waals surface area contributed by atoms with Crippen LogP contribution in [-0.4, -0.2) is 50.1 Å². The van der Waals surface area contributed by atoms with Crippen molar-refractivity contribution in [2.75, 3.05) is 18.4 Å². The number of piperidine rings is 1. The highest BCUT2D eigenvalue weighted by Gasteiger charge is 2.23. The number of hydrogen-bond donors (Lipinski definition) is 1. The number of nitrogens with zero attached hydrogens (tertiary/aromatic N) is 5. The Morgan fingerprint density at radius 3 is 2.96 bits per heavy atom. The molecule has 2 heterocycles. The lowest BCUT2D eigenvalue weighted by Crippen LogP contribution is -2.45. The molecule has 3 rings (SSSR count). The van der Waals surface area contributed by atoms with Crippen LogP contribution in [0.15, 0.2) is 24.5 Å². The van der Waals surface area contributed by atoms with Gasteiger partial charge in [-0.1, -0.05) is 0 Å². The van der Waals surface area contributed by atoms with Crippen molar-refractivity contribution in [3.05, 3.63) is 36.2 Å². The smallest absolute Gasteiger partial charge is 0.224 e. The maximum atomic E-state index is 13.3. The van der Waals surface area contributed by atoms with Crippen LogP contribution in [-0.2, 0) is 11.3 Å². The molecule has 0 unspecified atom stereocenters. The number of likely N-dealkylation sites (tertiary alicyclic amines) is 1. The summed E-state index contributed by atoms with van der Waals surface area (Å²) in [6.07, 6.45) is 3.52. The summed E-state index contributed by atoms with van der Waals surface area (Å²) >= 11 is 0. The van der Waals surface area contributed by atoms with Gasteiger partial charge >= 0.3 is 0 Å². The van der Waals surface area contributed by atoms with Gasteiger partial charge < -0.3 is 10.2 Å². The molecule has 1 saturated heterocycles. The van der Waals surface area contributed by atoms with Gasteiger partial charge in [-0.2, -0.15) is 0 Å². The number of carbonyl (C=O) groups excluding carboxylic acids is 1. The molecule has 0 bridgehead atoms. The van der Waals surface area contributed by atoms with Crippen molar-refractivity contribution in [2.45, 2.75) is 31.8 Å². The van der Waals surface area contributed by atoms with E-state index in [0.717, 1.165) is 25.0 Å². The molecule has 1 aliphatic heterocycles. The molecule has 1 aromatic heterocycles. The van der Waals surface area contributed by atoms with Crippen LogP contribution in [0.25, 0.3) is 0 Å². The van der Waals surface area contributed by atoms with Gasteiger partial charge in [0, 0.05) is 37.3 Å². The number of aryl methyl sites for hydroxylation is 1. The normalized spacial score (nSPS) is 17.8. The van der Waals surface area contributed by atoms with Gasteiger partial charge in [-0.05, 0) is 35.4 Å². The maximum absolute atomic E-state index is 13.3. The lowest BCUT2D eigenvalue weighted by Gasteiger charge is -2.33. The number of carbonyl (C=O) groups is 1. The molecule has 1 N–H and O–H groups in total. The number of rotatable bonds is 5. The van der Waals surface area contributed by atoms with E-state index in [4.69, 9.17) is 0 Å². The quantitative estimate of drug-likeness (QED) is 0.894. The van der Waals surface area contributed by atoms with Crippen molar-refractivity contribution < 1.29 is 13.6 Å². The van der Waals surface area contributed by atoms with Gasteiger partial charge in [0.05, 0.1) is 6.54 Å². The maximum Gasteiger partial charge on any atom is 0.224 e. The first kappa shape index (κ1) is 16.3. The number of halogens is 2. The molecule has 0 radical (unpaired) electrons. The zero-order valence-corrected chi connectivity index (χ0v) is 13.0. The van der Waals surface area contributed by atoms with Crippen molar-refractivity contribution in [2.24, 2.45) is 0 Å². The Kier molecular flexibility index (Phi) is 4.97. The van der Waals surface area contributed by atoms with E-state index in [1.165, 1.54) is 17.1 Å². The van der Waals surface area contributed by atoms with Gasteiger partial charge in [0.1, 0.15) is 6.33 Å². The Hall–Kier alpha value is -2.58. The van der Waals surface area contributed by atoms with Crippen LogP contribution >= 0.6 is 0 Å². The number of anilines is 1. The van der Waals surface area contributed by atoms with Crippen LogP contribution in [0.1, 0.15) is 19.3 Å². The van der Waals surface area contributed by atoms with E-state index in [2.05, 4.69) is 20.8 Å². The van der Waals surface area contributed by atoms with Gasteiger partial charge in [-0.15, -0.1) is 5.10 Å². The van der Waals surface area contributed by atoms with Crippen LogP contribution in [0.3, 0.4) is 0 Å². The van der Waals surface area contributed by atoms with Gasteiger partial charge in [0.25, 0.3) is 0 Å². The van der Waals surface area contributed by atoms with E-state index >= 15 is 0 Å². The largest absolute Gasteiger partial charge is 0.380 e. The number of tetrazole rings is 1. The molecule has 9 heteroatoms. The van der Waals surface area contributed by atoms with Crippen molar-refractivity contribution in [1.82, 2.24) is 25.1 Å². The Morgan fingerprint density at radius 2 is 2.21 bits per heavy atom. The SMILES string of the molecule is O=C(CCn1cnnn1)N1CCC[C@@H](Nc2ccc(F)c(F)c2)C1. The Morgan fingerprint density at radius 1 is 1.33 bits per heavy atom. The second-order valence-corrected chi connectivity index (χ2v) is 5.78.